The number of benzene rings is 1. The van der Waals surface area contributed by atoms with E-state index < -0.39 is 0 Å². The van der Waals surface area contributed by atoms with Crippen molar-refractivity contribution < 1.29 is 4.79 Å². The van der Waals surface area contributed by atoms with Gasteiger partial charge in [-0.05, 0) is 38.5 Å². The second-order valence-corrected chi connectivity index (χ2v) is 5.84. The van der Waals surface area contributed by atoms with E-state index in [9.17, 15) is 4.79 Å². The van der Waals surface area contributed by atoms with Crippen LogP contribution in [0.3, 0.4) is 0 Å². The van der Waals surface area contributed by atoms with Crippen molar-refractivity contribution in [1.82, 2.24) is 9.78 Å². The van der Waals surface area contributed by atoms with E-state index in [2.05, 4.69) is 26.3 Å². The summed E-state index contributed by atoms with van der Waals surface area (Å²) in [6.07, 6.45) is 3.44. The molecule has 1 amide bonds. The van der Waals surface area contributed by atoms with E-state index in [4.69, 9.17) is 5.73 Å². The van der Waals surface area contributed by atoms with Gasteiger partial charge in [-0.15, -0.1) is 0 Å². The van der Waals surface area contributed by atoms with Crippen molar-refractivity contribution in [3.05, 3.63) is 40.1 Å². The Kier molecular flexibility index (Phi) is 4.13. The molecule has 5 nitrogen and oxygen atoms in total. The molecule has 0 bridgehead atoms. The highest BCUT2D eigenvalue weighted by Gasteiger charge is 2.13. The molecule has 0 aliphatic carbocycles. The van der Waals surface area contributed by atoms with Crippen LogP contribution in [0.2, 0.25) is 0 Å². The number of nitrogens with one attached hydrogen (secondary N) is 1. The first kappa shape index (κ1) is 14.6. The molecule has 1 aromatic heterocycles. The lowest BCUT2D eigenvalue weighted by Crippen LogP contribution is -2.14. The number of hydrogen-bond donors (Lipinski definition) is 2. The number of nitrogens with two attached hydrogens (primary N) is 1. The number of halogens is 1. The standard InChI is InChI=1S/C14H17BrN4O/c1-8(2)19-7-11(6-17-19)18-14(20)12-4-10(15)5-13(16)9(12)3/h4-8H,16H2,1-3H3,(H,18,20). The van der Waals surface area contributed by atoms with E-state index >= 15 is 0 Å². The number of anilines is 2. The first-order valence-corrected chi connectivity index (χ1v) is 7.09. The molecule has 2 aromatic rings. The van der Waals surface area contributed by atoms with Gasteiger partial charge < -0.3 is 11.1 Å². The third-order valence-electron chi connectivity index (χ3n) is 3.05. The molecule has 0 unspecified atom stereocenters. The van der Waals surface area contributed by atoms with Crippen molar-refractivity contribution in [2.75, 3.05) is 11.1 Å². The summed E-state index contributed by atoms with van der Waals surface area (Å²) >= 11 is 3.35. The molecule has 1 heterocycles. The van der Waals surface area contributed by atoms with Gasteiger partial charge in [-0.25, -0.2) is 0 Å². The SMILES string of the molecule is Cc1c(N)cc(Br)cc1C(=O)Nc1cnn(C(C)C)c1. The number of carbonyl (C=O) groups excluding carboxylic acids is 1. The van der Waals surface area contributed by atoms with Gasteiger partial charge in [0.2, 0.25) is 0 Å². The third kappa shape index (κ3) is 3.01. The van der Waals surface area contributed by atoms with E-state index in [1.54, 1.807) is 29.2 Å². The molecule has 0 spiro atoms. The van der Waals surface area contributed by atoms with Crippen LogP contribution in [0.1, 0.15) is 35.8 Å². The zero-order chi connectivity index (χ0) is 14.9. The van der Waals surface area contributed by atoms with Gasteiger partial charge >= 0.3 is 0 Å². The third-order valence-corrected chi connectivity index (χ3v) is 3.50. The van der Waals surface area contributed by atoms with Gasteiger partial charge in [0.1, 0.15) is 0 Å². The summed E-state index contributed by atoms with van der Waals surface area (Å²) in [6.45, 7) is 5.88. The van der Waals surface area contributed by atoms with Crippen LogP contribution < -0.4 is 11.1 Å². The fourth-order valence-corrected chi connectivity index (χ4v) is 2.29. The van der Waals surface area contributed by atoms with Crippen molar-refractivity contribution in [2.24, 2.45) is 0 Å². The molecule has 20 heavy (non-hydrogen) atoms. The van der Waals surface area contributed by atoms with E-state index in [0.717, 1.165) is 10.0 Å². The van der Waals surface area contributed by atoms with Crippen LogP contribution in [0.15, 0.2) is 29.0 Å². The quantitative estimate of drug-likeness (QED) is 0.844. The topological polar surface area (TPSA) is 72.9 Å². The second kappa shape index (κ2) is 5.66. The van der Waals surface area contributed by atoms with E-state index in [1.165, 1.54) is 0 Å². The molecule has 3 N–H and O–H groups in total. The molecule has 1 aromatic carbocycles. The highest BCUT2D eigenvalue weighted by Crippen LogP contribution is 2.23. The minimum Gasteiger partial charge on any atom is -0.398 e. The molecule has 0 fully saturated rings. The average Bonchev–Trinajstić information content (AvgIpc) is 2.82. The van der Waals surface area contributed by atoms with Gasteiger partial charge in [0, 0.05) is 28.0 Å². The molecule has 6 heteroatoms. The number of nitrogen functional groups attached to an aromatic ring is 1. The Labute approximate surface area is 126 Å². The summed E-state index contributed by atoms with van der Waals surface area (Å²) < 4.78 is 2.57. The Morgan fingerprint density at radius 3 is 2.75 bits per heavy atom. The maximum absolute atomic E-state index is 12.3. The Bertz CT molecular complexity index is 649. The zero-order valence-corrected chi connectivity index (χ0v) is 13.2. The molecule has 2 rings (SSSR count). The highest BCUT2D eigenvalue weighted by atomic mass is 79.9. The van der Waals surface area contributed by atoms with Crippen molar-refractivity contribution in [1.29, 1.82) is 0 Å². The molecule has 106 valence electrons. The maximum Gasteiger partial charge on any atom is 0.256 e. The zero-order valence-electron chi connectivity index (χ0n) is 11.6. The first-order chi connectivity index (χ1) is 9.38. The van der Waals surface area contributed by atoms with Crippen LogP contribution in [-0.2, 0) is 0 Å². The fourth-order valence-electron chi connectivity index (χ4n) is 1.82. The van der Waals surface area contributed by atoms with Crippen molar-refractivity contribution >= 4 is 33.2 Å². The molecule has 0 atom stereocenters. The predicted molar refractivity (Wildman–Crippen MR) is 83.9 cm³/mol. The second-order valence-electron chi connectivity index (χ2n) is 4.92. The van der Waals surface area contributed by atoms with Crippen LogP contribution in [0, 0.1) is 6.92 Å². The number of nitrogens with zero attached hydrogens (tertiary/aromatic N) is 2. The molecule has 0 saturated carbocycles. The van der Waals surface area contributed by atoms with Crippen LogP contribution in [0.25, 0.3) is 0 Å². The molecule has 0 saturated heterocycles. The summed E-state index contributed by atoms with van der Waals surface area (Å²) in [7, 11) is 0. The van der Waals surface area contributed by atoms with Crippen molar-refractivity contribution in [3.63, 3.8) is 0 Å². The van der Waals surface area contributed by atoms with Crippen LogP contribution in [-0.4, -0.2) is 15.7 Å². The number of rotatable bonds is 3. The lowest BCUT2D eigenvalue weighted by molar-refractivity contribution is 0.102. The van der Waals surface area contributed by atoms with Gasteiger partial charge in [-0.3, -0.25) is 9.48 Å². The van der Waals surface area contributed by atoms with Crippen LogP contribution >= 0.6 is 15.9 Å². The Hall–Kier alpha value is -1.82. The number of amides is 1. The Morgan fingerprint density at radius 1 is 1.45 bits per heavy atom. The number of aromatic nitrogens is 2. The summed E-state index contributed by atoms with van der Waals surface area (Å²) in [4.78, 5) is 12.3. The van der Waals surface area contributed by atoms with Crippen LogP contribution in [0.4, 0.5) is 11.4 Å². The van der Waals surface area contributed by atoms with E-state index in [0.29, 0.717) is 16.9 Å². The molecule has 0 aliphatic heterocycles. The summed E-state index contributed by atoms with van der Waals surface area (Å²) in [6, 6.07) is 3.79. The normalized spacial score (nSPS) is 10.8. The van der Waals surface area contributed by atoms with E-state index in [-0.39, 0.29) is 11.9 Å². The lowest BCUT2D eigenvalue weighted by Gasteiger charge is -2.09. The molecular formula is C14H17BrN4O. The number of carbonyl (C=O) groups is 1. The minimum absolute atomic E-state index is 0.196. The summed E-state index contributed by atoms with van der Waals surface area (Å²) in [5.74, 6) is -0.196. The largest absolute Gasteiger partial charge is 0.398 e. The first-order valence-electron chi connectivity index (χ1n) is 6.29. The highest BCUT2D eigenvalue weighted by molar-refractivity contribution is 9.10. The smallest absolute Gasteiger partial charge is 0.256 e. The maximum atomic E-state index is 12.3. The van der Waals surface area contributed by atoms with Crippen LogP contribution in [0.5, 0.6) is 0 Å². The molecule has 0 radical (unpaired) electrons. The van der Waals surface area contributed by atoms with Gasteiger partial charge in [-0.2, -0.15) is 5.10 Å². The monoisotopic (exact) mass is 336 g/mol. The molecule has 0 aliphatic rings. The predicted octanol–water partition coefficient (Wildman–Crippen LogP) is 3.37. The Morgan fingerprint density at radius 2 is 2.15 bits per heavy atom. The summed E-state index contributed by atoms with van der Waals surface area (Å²) in [5.41, 5.74) is 8.44. The fraction of sp³-hybridized carbons (Fsp3) is 0.286. The van der Waals surface area contributed by atoms with Gasteiger partial charge in [0.05, 0.1) is 11.9 Å². The summed E-state index contributed by atoms with van der Waals surface area (Å²) in [5, 5.41) is 7.02. The minimum atomic E-state index is -0.196. The van der Waals surface area contributed by atoms with E-state index in [1.807, 2.05) is 20.8 Å². The average molecular weight is 337 g/mol. The van der Waals surface area contributed by atoms with Gasteiger partial charge in [0.15, 0.2) is 0 Å². The number of hydrogen-bond acceptors (Lipinski definition) is 3. The lowest BCUT2D eigenvalue weighted by atomic mass is 10.1. The van der Waals surface area contributed by atoms with Gasteiger partial charge in [-0.1, -0.05) is 15.9 Å². The van der Waals surface area contributed by atoms with Gasteiger partial charge in [0.25, 0.3) is 5.91 Å². The molecular weight excluding hydrogens is 320 g/mol. The van der Waals surface area contributed by atoms with Crippen molar-refractivity contribution in [3.8, 4) is 0 Å². The van der Waals surface area contributed by atoms with Crippen molar-refractivity contribution in [2.45, 2.75) is 26.8 Å². The Balaban J connectivity index is 2.23.